The van der Waals surface area contributed by atoms with Crippen LogP contribution in [0.4, 0.5) is 0 Å². The minimum Gasteiger partial charge on any atom is -0.477 e. The van der Waals surface area contributed by atoms with Crippen molar-refractivity contribution in [3.05, 3.63) is 30.0 Å². The maximum atomic E-state index is 10.1. The molecular formula is C7H8O2. The maximum absolute atomic E-state index is 10.1. The maximum Gasteiger partial charge on any atom is 0.343 e. The van der Waals surface area contributed by atoms with Crippen molar-refractivity contribution in [2.24, 2.45) is 0 Å². The Balaban J connectivity index is 4.55. The first-order valence-electron chi connectivity index (χ1n) is 2.49. The molecular weight excluding hydrogens is 116 g/mol. The van der Waals surface area contributed by atoms with Gasteiger partial charge in [0.2, 0.25) is 0 Å². The molecule has 0 fully saturated rings. The summed E-state index contributed by atoms with van der Waals surface area (Å²) in [5, 5.41) is 8.31. The molecule has 0 aliphatic carbocycles. The number of carboxylic acids is 1. The Hall–Kier alpha value is -1.27. The molecule has 0 aliphatic rings. The second-order valence-electron chi connectivity index (χ2n) is 1.36. The van der Waals surface area contributed by atoms with Gasteiger partial charge in [-0.25, -0.2) is 4.79 Å². The number of aliphatic carboxylic acids is 1. The van der Waals surface area contributed by atoms with Gasteiger partial charge in [-0.3, -0.25) is 0 Å². The van der Waals surface area contributed by atoms with E-state index >= 15 is 0 Å². The molecule has 9 heavy (non-hydrogen) atoms. The van der Waals surface area contributed by atoms with Crippen LogP contribution in [0.3, 0.4) is 0 Å². The van der Waals surface area contributed by atoms with Gasteiger partial charge in [0.1, 0.15) is 5.57 Å². The summed E-state index contributed by atoms with van der Waals surface area (Å²) in [6.07, 6.45) is 2.79. The average Bonchev–Trinajstić information content (AvgIpc) is 1.82. The summed E-state index contributed by atoms with van der Waals surface area (Å²) in [5.41, 5.74) is 2.60. The molecule has 0 aromatic rings. The topological polar surface area (TPSA) is 37.3 Å². The monoisotopic (exact) mass is 124 g/mol. The van der Waals surface area contributed by atoms with E-state index in [4.69, 9.17) is 5.11 Å². The van der Waals surface area contributed by atoms with Gasteiger partial charge >= 0.3 is 5.97 Å². The first-order chi connectivity index (χ1) is 4.22. The van der Waals surface area contributed by atoms with Crippen molar-refractivity contribution in [1.82, 2.24) is 0 Å². The van der Waals surface area contributed by atoms with Crippen molar-refractivity contribution in [1.29, 1.82) is 0 Å². The molecule has 0 aliphatic heterocycles. The first-order valence-corrected chi connectivity index (χ1v) is 2.49. The quantitative estimate of drug-likeness (QED) is 0.343. The minimum absolute atomic E-state index is 0.0949. The Kier molecular flexibility index (Phi) is 3.18. The molecule has 0 unspecified atom stereocenters. The zero-order chi connectivity index (χ0) is 7.28. The fourth-order valence-electron chi connectivity index (χ4n) is 0.363. The highest BCUT2D eigenvalue weighted by atomic mass is 16.4. The van der Waals surface area contributed by atoms with Gasteiger partial charge < -0.3 is 5.11 Å². The lowest BCUT2D eigenvalue weighted by Crippen LogP contribution is -1.94. The zero-order valence-corrected chi connectivity index (χ0v) is 5.22. The van der Waals surface area contributed by atoms with Gasteiger partial charge in [0, 0.05) is 0 Å². The van der Waals surface area contributed by atoms with Crippen LogP contribution in [0.1, 0.15) is 6.92 Å². The van der Waals surface area contributed by atoms with Gasteiger partial charge in [0.15, 0.2) is 0 Å². The summed E-state index contributed by atoms with van der Waals surface area (Å²) in [5.74, 6) is -0.997. The van der Waals surface area contributed by atoms with E-state index in [9.17, 15) is 4.79 Å². The van der Waals surface area contributed by atoms with E-state index in [2.05, 4.69) is 12.3 Å². The van der Waals surface area contributed by atoms with E-state index in [0.717, 1.165) is 0 Å². The largest absolute Gasteiger partial charge is 0.477 e. The molecule has 0 saturated heterocycles. The molecule has 0 atom stereocenters. The lowest BCUT2D eigenvalue weighted by molar-refractivity contribution is -0.132. The third kappa shape index (κ3) is 2.52. The third-order valence-electron chi connectivity index (χ3n) is 0.734. The lowest BCUT2D eigenvalue weighted by atomic mass is 10.3. The SMILES string of the molecule is C=CC(=C=CC)C(=O)O. The number of rotatable bonds is 2. The molecule has 0 rings (SSSR count). The summed E-state index contributed by atoms with van der Waals surface area (Å²) < 4.78 is 0. The Morgan fingerprint density at radius 3 is 2.44 bits per heavy atom. The van der Waals surface area contributed by atoms with Crippen molar-refractivity contribution in [3.63, 3.8) is 0 Å². The first kappa shape index (κ1) is 7.73. The smallest absolute Gasteiger partial charge is 0.343 e. The molecule has 0 heterocycles. The molecule has 0 aromatic carbocycles. The minimum atomic E-state index is -0.997. The Bertz CT molecular complexity index is 183. The highest BCUT2D eigenvalue weighted by molar-refractivity contribution is 5.89. The van der Waals surface area contributed by atoms with Crippen LogP contribution < -0.4 is 0 Å². The van der Waals surface area contributed by atoms with Crippen molar-refractivity contribution in [2.45, 2.75) is 6.92 Å². The summed E-state index contributed by atoms with van der Waals surface area (Å²) in [4.78, 5) is 10.1. The second kappa shape index (κ2) is 3.70. The summed E-state index contributed by atoms with van der Waals surface area (Å²) in [6.45, 7) is 5.00. The van der Waals surface area contributed by atoms with Crippen LogP contribution in [-0.2, 0) is 4.79 Å². The normalized spacial score (nSPS) is 7.22. The van der Waals surface area contributed by atoms with Crippen molar-refractivity contribution < 1.29 is 9.90 Å². The third-order valence-corrected chi connectivity index (χ3v) is 0.734. The molecule has 2 nitrogen and oxygen atoms in total. The van der Waals surface area contributed by atoms with Crippen molar-refractivity contribution in [2.75, 3.05) is 0 Å². The fourth-order valence-corrected chi connectivity index (χ4v) is 0.363. The zero-order valence-electron chi connectivity index (χ0n) is 5.22. The van der Waals surface area contributed by atoms with E-state index in [1.807, 2.05) is 0 Å². The summed E-state index contributed by atoms with van der Waals surface area (Å²) in [6, 6.07) is 0. The van der Waals surface area contributed by atoms with E-state index in [0.29, 0.717) is 0 Å². The molecule has 0 radical (unpaired) electrons. The van der Waals surface area contributed by atoms with Crippen molar-refractivity contribution >= 4 is 5.97 Å². The van der Waals surface area contributed by atoms with Crippen LogP contribution >= 0.6 is 0 Å². The Morgan fingerprint density at radius 1 is 1.78 bits per heavy atom. The molecule has 0 aromatic heterocycles. The van der Waals surface area contributed by atoms with E-state index in [1.165, 1.54) is 12.2 Å². The highest BCUT2D eigenvalue weighted by Crippen LogP contribution is 1.90. The van der Waals surface area contributed by atoms with Crippen molar-refractivity contribution in [3.8, 4) is 0 Å². The molecule has 0 saturated carbocycles. The van der Waals surface area contributed by atoms with E-state index < -0.39 is 5.97 Å². The van der Waals surface area contributed by atoms with Gasteiger partial charge in [0.05, 0.1) is 0 Å². The second-order valence-corrected chi connectivity index (χ2v) is 1.36. The Labute approximate surface area is 53.8 Å². The fraction of sp³-hybridized carbons (Fsp3) is 0.143. The van der Waals surface area contributed by atoms with E-state index in [-0.39, 0.29) is 5.57 Å². The number of hydrogen-bond acceptors (Lipinski definition) is 1. The Morgan fingerprint density at radius 2 is 2.33 bits per heavy atom. The lowest BCUT2D eigenvalue weighted by Gasteiger charge is -1.83. The number of carboxylic acid groups (broad SMARTS) is 1. The molecule has 2 heteroatoms. The summed E-state index contributed by atoms with van der Waals surface area (Å²) >= 11 is 0. The van der Waals surface area contributed by atoms with Crippen LogP contribution in [0.2, 0.25) is 0 Å². The predicted octanol–water partition coefficient (Wildman–Crippen LogP) is 1.36. The predicted molar refractivity (Wildman–Crippen MR) is 35.1 cm³/mol. The van der Waals surface area contributed by atoms with E-state index in [1.54, 1.807) is 6.92 Å². The van der Waals surface area contributed by atoms with Crippen LogP contribution in [0.25, 0.3) is 0 Å². The van der Waals surface area contributed by atoms with Gasteiger partial charge in [0.25, 0.3) is 0 Å². The average molecular weight is 124 g/mol. The number of carbonyl (C=O) groups is 1. The van der Waals surface area contributed by atoms with Crippen LogP contribution in [-0.4, -0.2) is 11.1 Å². The molecule has 48 valence electrons. The standard InChI is InChI=1S/C7H8O2/c1-3-5-6(4-2)7(8)9/h3-4H,2H2,1H3,(H,8,9). The number of hydrogen-bond donors (Lipinski definition) is 1. The van der Waals surface area contributed by atoms with Gasteiger partial charge in [-0.1, -0.05) is 6.58 Å². The summed E-state index contributed by atoms with van der Waals surface area (Å²) in [7, 11) is 0. The molecule has 0 amide bonds. The van der Waals surface area contributed by atoms with Gasteiger partial charge in [-0.05, 0) is 19.1 Å². The van der Waals surface area contributed by atoms with Gasteiger partial charge in [-0.15, -0.1) is 5.73 Å². The highest BCUT2D eigenvalue weighted by Gasteiger charge is 1.97. The molecule has 1 N–H and O–H groups in total. The molecule has 0 spiro atoms. The molecule has 0 bridgehead atoms. The van der Waals surface area contributed by atoms with Crippen LogP contribution in [0.5, 0.6) is 0 Å². The van der Waals surface area contributed by atoms with Crippen LogP contribution in [0, 0.1) is 0 Å². The van der Waals surface area contributed by atoms with Crippen LogP contribution in [0.15, 0.2) is 30.0 Å². The van der Waals surface area contributed by atoms with Gasteiger partial charge in [-0.2, -0.15) is 0 Å².